The number of carbonyl (C=O) groups excluding carboxylic acids is 1. The van der Waals surface area contributed by atoms with Crippen molar-refractivity contribution in [3.63, 3.8) is 0 Å². The Balaban J connectivity index is 1.70. The second-order valence-corrected chi connectivity index (χ2v) is 6.19. The molecule has 1 amide bonds. The average molecular weight is 354 g/mol. The number of nitro benzene ring substituents is 1. The Morgan fingerprint density at radius 3 is 2.68 bits per heavy atom. The van der Waals surface area contributed by atoms with Crippen molar-refractivity contribution in [2.24, 2.45) is 0 Å². The number of rotatable bonds is 6. The summed E-state index contributed by atoms with van der Waals surface area (Å²) in [6.07, 6.45) is 1.46. The number of amides is 1. The Hall–Kier alpha value is -3.06. The molecule has 25 heavy (non-hydrogen) atoms. The van der Waals surface area contributed by atoms with Gasteiger partial charge in [0.25, 0.3) is 11.6 Å². The summed E-state index contributed by atoms with van der Waals surface area (Å²) in [6.45, 7) is 0. The average Bonchev–Trinajstić information content (AvgIpc) is 3.10. The van der Waals surface area contributed by atoms with E-state index in [0.717, 1.165) is 10.5 Å². The molecule has 0 spiro atoms. The molecule has 0 aliphatic carbocycles. The summed E-state index contributed by atoms with van der Waals surface area (Å²) in [5, 5.41) is 13.4. The number of non-ortho nitro benzene ring substituents is 1. The van der Waals surface area contributed by atoms with Gasteiger partial charge in [-0.15, -0.1) is 11.8 Å². The van der Waals surface area contributed by atoms with Gasteiger partial charge < -0.3 is 9.73 Å². The van der Waals surface area contributed by atoms with Gasteiger partial charge in [0, 0.05) is 34.0 Å². The van der Waals surface area contributed by atoms with E-state index in [4.69, 9.17) is 4.42 Å². The first kappa shape index (κ1) is 16.8. The summed E-state index contributed by atoms with van der Waals surface area (Å²) in [5.74, 6) is 0.349. The zero-order valence-electron chi connectivity index (χ0n) is 13.0. The highest BCUT2D eigenvalue weighted by Gasteiger charge is 2.17. The third-order valence-electron chi connectivity index (χ3n) is 3.41. The SMILES string of the molecule is O=C(Nc1cccc([N+](=O)[O-])c1)c1occc1CSc1ccccc1. The molecular formula is C18H14N2O4S. The van der Waals surface area contributed by atoms with Gasteiger partial charge >= 0.3 is 0 Å². The van der Waals surface area contributed by atoms with Gasteiger partial charge in [0.15, 0.2) is 5.76 Å². The van der Waals surface area contributed by atoms with Crippen LogP contribution < -0.4 is 5.32 Å². The minimum atomic E-state index is -0.509. The highest BCUT2D eigenvalue weighted by atomic mass is 32.2. The van der Waals surface area contributed by atoms with Crippen LogP contribution in [-0.2, 0) is 5.75 Å². The lowest BCUT2D eigenvalue weighted by molar-refractivity contribution is -0.384. The largest absolute Gasteiger partial charge is 0.459 e. The molecule has 0 fully saturated rings. The van der Waals surface area contributed by atoms with Crippen LogP contribution in [0.4, 0.5) is 11.4 Å². The molecule has 126 valence electrons. The molecule has 0 saturated carbocycles. The Morgan fingerprint density at radius 2 is 1.92 bits per heavy atom. The quantitative estimate of drug-likeness (QED) is 0.393. The monoisotopic (exact) mass is 354 g/mol. The maximum Gasteiger partial charge on any atom is 0.291 e. The third-order valence-corrected chi connectivity index (χ3v) is 4.47. The van der Waals surface area contributed by atoms with Crippen molar-refractivity contribution in [3.8, 4) is 0 Å². The van der Waals surface area contributed by atoms with E-state index in [2.05, 4.69) is 5.32 Å². The molecular weight excluding hydrogens is 340 g/mol. The molecule has 0 saturated heterocycles. The number of carbonyl (C=O) groups is 1. The van der Waals surface area contributed by atoms with Crippen LogP contribution in [0.25, 0.3) is 0 Å². The predicted molar refractivity (Wildman–Crippen MR) is 95.8 cm³/mol. The topological polar surface area (TPSA) is 85.4 Å². The first-order valence-corrected chi connectivity index (χ1v) is 8.42. The minimum absolute atomic E-state index is 0.0860. The van der Waals surface area contributed by atoms with Crippen LogP contribution in [0.5, 0.6) is 0 Å². The molecule has 3 aromatic rings. The lowest BCUT2D eigenvalue weighted by Gasteiger charge is -2.05. The Kier molecular flexibility index (Phi) is 5.15. The van der Waals surface area contributed by atoms with Gasteiger partial charge in [-0.25, -0.2) is 0 Å². The molecule has 3 rings (SSSR count). The lowest BCUT2D eigenvalue weighted by atomic mass is 10.2. The van der Waals surface area contributed by atoms with Gasteiger partial charge in [0.05, 0.1) is 11.2 Å². The van der Waals surface area contributed by atoms with Crippen LogP contribution in [0.15, 0.2) is 76.2 Å². The molecule has 1 heterocycles. The Bertz CT molecular complexity index is 893. The Morgan fingerprint density at radius 1 is 1.12 bits per heavy atom. The summed E-state index contributed by atoms with van der Waals surface area (Å²) in [6, 6.07) is 17.4. The standard InChI is InChI=1S/C18H14N2O4S/c21-18(19-14-5-4-6-15(11-14)20(22)23)17-13(9-10-24-17)12-25-16-7-2-1-3-8-16/h1-11H,12H2,(H,19,21). The number of hydrogen-bond acceptors (Lipinski definition) is 5. The fraction of sp³-hybridized carbons (Fsp3) is 0.0556. The number of hydrogen-bond donors (Lipinski definition) is 1. The van der Waals surface area contributed by atoms with Crippen LogP contribution in [-0.4, -0.2) is 10.8 Å². The summed E-state index contributed by atoms with van der Waals surface area (Å²) in [7, 11) is 0. The first-order valence-electron chi connectivity index (χ1n) is 7.43. The van der Waals surface area contributed by atoms with Crippen LogP contribution in [0.2, 0.25) is 0 Å². The highest BCUT2D eigenvalue weighted by Crippen LogP contribution is 2.25. The summed E-state index contributed by atoms with van der Waals surface area (Å²) in [4.78, 5) is 23.8. The fourth-order valence-corrected chi connectivity index (χ4v) is 3.11. The molecule has 1 aromatic heterocycles. The molecule has 0 atom stereocenters. The molecule has 0 radical (unpaired) electrons. The van der Waals surface area contributed by atoms with Gasteiger partial charge in [-0.1, -0.05) is 24.3 Å². The van der Waals surface area contributed by atoms with E-state index in [0.29, 0.717) is 11.4 Å². The number of nitrogens with one attached hydrogen (secondary N) is 1. The third kappa shape index (κ3) is 4.27. The molecule has 6 nitrogen and oxygen atoms in total. The molecule has 7 heteroatoms. The predicted octanol–water partition coefficient (Wildman–Crippen LogP) is 4.73. The van der Waals surface area contributed by atoms with Crippen molar-refractivity contribution in [1.82, 2.24) is 0 Å². The van der Waals surface area contributed by atoms with E-state index in [1.54, 1.807) is 23.9 Å². The smallest absolute Gasteiger partial charge is 0.291 e. The molecule has 1 N–H and O–H groups in total. The van der Waals surface area contributed by atoms with Gasteiger partial charge in [-0.05, 0) is 24.3 Å². The molecule has 0 bridgehead atoms. The summed E-state index contributed by atoms with van der Waals surface area (Å²) >= 11 is 1.59. The van der Waals surface area contributed by atoms with Crippen molar-refractivity contribution < 1.29 is 14.1 Å². The zero-order chi connectivity index (χ0) is 17.6. The number of nitrogens with zero attached hydrogens (tertiary/aromatic N) is 1. The van der Waals surface area contributed by atoms with Crippen LogP contribution in [0, 0.1) is 10.1 Å². The van der Waals surface area contributed by atoms with Crippen LogP contribution in [0.1, 0.15) is 16.1 Å². The summed E-state index contributed by atoms with van der Waals surface area (Å²) < 4.78 is 5.31. The maximum atomic E-state index is 12.4. The molecule has 0 unspecified atom stereocenters. The normalized spacial score (nSPS) is 10.4. The zero-order valence-corrected chi connectivity index (χ0v) is 13.9. The maximum absolute atomic E-state index is 12.4. The number of furan rings is 1. The molecule has 0 aliphatic heterocycles. The van der Waals surface area contributed by atoms with Gasteiger partial charge in [0.1, 0.15) is 0 Å². The van der Waals surface area contributed by atoms with E-state index in [1.807, 2.05) is 30.3 Å². The van der Waals surface area contributed by atoms with Crippen molar-refractivity contribution in [1.29, 1.82) is 0 Å². The van der Waals surface area contributed by atoms with Crippen molar-refractivity contribution >= 4 is 29.0 Å². The number of benzene rings is 2. The van der Waals surface area contributed by atoms with E-state index in [1.165, 1.54) is 24.5 Å². The fourth-order valence-electron chi connectivity index (χ4n) is 2.21. The summed E-state index contributed by atoms with van der Waals surface area (Å²) in [5.41, 5.74) is 1.02. The van der Waals surface area contributed by atoms with Gasteiger partial charge in [0.2, 0.25) is 0 Å². The van der Waals surface area contributed by atoms with Crippen molar-refractivity contribution in [2.45, 2.75) is 10.6 Å². The number of nitro groups is 1. The van der Waals surface area contributed by atoms with Crippen LogP contribution in [0.3, 0.4) is 0 Å². The van der Waals surface area contributed by atoms with Crippen LogP contribution >= 0.6 is 11.8 Å². The number of thioether (sulfide) groups is 1. The highest BCUT2D eigenvalue weighted by molar-refractivity contribution is 7.98. The van der Waals surface area contributed by atoms with E-state index >= 15 is 0 Å². The van der Waals surface area contributed by atoms with E-state index in [9.17, 15) is 14.9 Å². The minimum Gasteiger partial charge on any atom is -0.459 e. The lowest BCUT2D eigenvalue weighted by Crippen LogP contribution is -2.12. The van der Waals surface area contributed by atoms with E-state index in [-0.39, 0.29) is 11.4 Å². The van der Waals surface area contributed by atoms with Crippen molar-refractivity contribution in [3.05, 3.63) is 88.4 Å². The molecule has 0 aliphatic rings. The molecule has 2 aromatic carbocycles. The van der Waals surface area contributed by atoms with E-state index < -0.39 is 10.8 Å². The van der Waals surface area contributed by atoms with Gasteiger partial charge in [-0.2, -0.15) is 0 Å². The Labute approximate surface area is 148 Å². The second-order valence-electron chi connectivity index (χ2n) is 5.14. The van der Waals surface area contributed by atoms with Crippen molar-refractivity contribution in [2.75, 3.05) is 5.32 Å². The van der Waals surface area contributed by atoms with Gasteiger partial charge in [-0.3, -0.25) is 14.9 Å². The second kappa shape index (κ2) is 7.67. The first-order chi connectivity index (χ1) is 12.1. The number of anilines is 1.